The number of ether oxygens (including phenoxy) is 1. The maximum Gasteiger partial charge on any atom is 0.252 e. The number of nitrogens with zero attached hydrogens (tertiary/aromatic N) is 1. The van der Waals surface area contributed by atoms with Crippen LogP contribution in [-0.2, 0) is 11.5 Å². The van der Waals surface area contributed by atoms with Crippen molar-refractivity contribution in [2.75, 3.05) is 6.61 Å². The summed E-state index contributed by atoms with van der Waals surface area (Å²) in [5.41, 5.74) is 0. The topological polar surface area (TPSA) is 13.1 Å². The van der Waals surface area contributed by atoms with E-state index in [9.17, 15) is 0 Å². The Bertz CT molecular complexity index is 330. The fraction of sp³-hybridized carbons (Fsp3) is 0.688. The van der Waals surface area contributed by atoms with Gasteiger partial charge in [0, 0.05) is 6.07 Å². The van der Waals surface area contributed by atoms with E-state index < -0.39 is 0 Å². The van der Waals surface area contributed by atoms with Gasteiger partial charge in [-0.1, -0.05) is 63.5 Å². The third-order valence-electron chi connectivity index (χ3n) is 3.20. The maximum absolute atomic E-state index is 5.90. The Morgan fingerprint density at radius 2 is 1.74 bits per heavy atom. The molecule has 0 aliphatic carbocycles. The Morgan fingerprint density at radius 3 is 2.42 bits per heavy atom. The molecule has 0 radical (unpaired) electrons. The van der Waals surface area contributed by atoms with Crippen LogP contribution in [0.4, 0.5) is 0 Å². The number of aromatic nitrogens is 1. The first-order valence-electron chi connectivity index (χ1n) is 7.55. The van der Waals surface area contributed by atoms with Gasteiger partial charge < -0.3 is 4.74 Å². The van der Waals surface area contributed by atoms with E-state index in [0.717, 1.165) is 18.1 Å². The summed E-state index contributed by atoms with van der Waals surface area (Å²) in [5.74, 6) is 0. The summed E-state index contributed by atoms with van der Waals surface area (Å²) in [5, 5.41) is 0.748. The molecule has 1 heterocycles. The predicted molar refractivity (Wildman–Crippen MR) is 80.2 cm³/mol. The van der Waals surface area contributed by atoms with Gasteiger partial charge in [-0.15, -0.1) is 0 Å². The summed E-state index contributed by atoms with van der Waals surface area (Å²) in [7, 11) is 0. The highest BCUT2D eigenvalue weighted by Gasteiger charge is 2.00. The van der Waals surface area contributed by atoms with E-state index in [4.69, 9.17) is 16.3 Å². The molecule has 1 aromatic rings. The van der Waals surface area contributed by atoms with Crippen molar-refractivity contribution in [2.24, 2.45) is 0 Å². The quantitative estimate of drug-likeness (QED) is 0.422. The molecule has 2 nitrogen and oxygen atoms in total. The standard InChI is InChI=1S/C16H27ClNO/c1-2-3-4-5-6-7-8-9-13-19-15-18-12-10-11-16(17)14-18/h10-12,14H,2-9,13,15H2,1H3/q+1. The molecule has 0 saturated heterocycles. The van der Waals surface area contributed by atoms with Crippen LogP contribution in [-0.4, -0.2) is 6.61 Å². The van der Waals surface area contributed by atoms with Crippen LogP contribution in [0.1, 0.15) is 58.3 Å². The second kappa shape index (κ2) is 11.2. The average molecular weight is 285 g/mol. The van der Waals surface area contributed by atoms with Gasteiger partial charge in [0.25, 0.3) is 6.73 Å². The molecule has 0 unspecified atom stereocenters. The number of pyridine rings is 1. The highest BCUT2D eigenvalue weighted by atomic mass is 35.5. The first-order chi connectivity index (χ1) is 9.33. The molecule has 0 N–H and O–H groups in total. The number of hydrogen-bond acceptors (Lipinski definition) is 1. The molecule has 1 rings (SSSR count). The molecule has 0 amide bonds. The minimum absolute atomic E-state index is 0.594. The van der Waals surface area contributed by atoms with Crippen molar-refractivity contribution in [1.82, 2.24) is 0 Å². The Labute approximate surface area is 122 Å². The van der Waals surface area contributed by atoms with Gasteiger partial charge in [0.05, 0.1) is 6.61 Å². The van der Waals surface area contributed by atoms with Crippen molar-refractivity contribution in [3.8, 4) is 0 Å². The van der Waals surface area contributed by atoms with Crippen molar-refractivity contribution in [3.05, 3.63) is 29.5 Å². The second-order valence-electron chi connectivity index (χ2n) is 5.05. The van der Waals surface area contributed by atoms with E-state index in [-0.39, 0.29) is 0 Å². The minimum Gasteiger partial charge on any atom is -0.323 e. The summed E-state index contributed by atoms with van der Waals surface area (Å²) in [6.07, 6.45) is 14.5. The lowest BCUT2D eigenvalue weighted by Crippen LogP contribution is -2.34. The van der Waals surface area contributed by atoms with Crippen LogP contribution in [0.25, 0.3) is 0 Å². The predicted octanol–water partition coefficient (Wildman–Crippen LogP) is 4.74. The first-order valence-corrected chi connectivity index (χ1v) is 7.93. The fourth-order valence-corrected chi connectivity index (χ4v) is 2.28. The summed E-state index contributed by atoms with van der Waals surface area (Å²) in [6.45, 7) is 3.70. The zero-order chi connectivity index (χ0) is 13.8. The Balaban J connectivity index is 1.89. The van der Waals surface area contributed by atoms with Gasteiger partial charge in [-0.2, -0.15) is 4.57 Å². The van der Waals surface area contributed by atoms with Crippen LogP contribution in [0.2, 0.25) is 5.02 Å². The molecule has 0 spiro atoms. The molecule has 0 bridgehead atoms. The Kier molecular flexibility index (Phi) is 9.74. The van der Waals surface area contributed by atoms with Crippen LogP contribution in [0.3, 0.4) is 0 Å². The average Bonchev–Trinajstić information content (AvgIpc) is 2.41. The monoisotopic (exact) mass is 284 g/mol. The largest absolute Gasteiger partial charge is 0.323 e. The maximum atomic E-state index is 5.90. The van der Waals surface area contributed by atoms with Gasteiger partial charge in [0.2, 0.25) is 0 Å². The van der Waals surface area contributed by atoms with Gasteiger partial charge in [-0.25, -0.2) is 0 Å². The normalized spacial score (nSPS) is 10.8. The number of rotatable bonds is 11. The molecule has 0 aromatic carbocycles. The van der Waals surface area contributed by atoms with E-state index in [1.807, 2.05) is 29.1 Å². The Hall–Kier alpha value is -0.600. The summed E-state index contributed by atoms with van der Waals surface area (Å²) < 4.78 is 7.59. The smallest absolute Gasteiger partial charge is 0.252 e. The third-order valence-corrected chi connectivity index (χ3v) is 3.43. The van der Waals surface area contributed by atoms with E-state index in [1.54, 1.807) is 0 Å². The Morgan fingerprint density at radius 1 is 1.05 bits per heavy atom. The van der Waals surface area contributed by atoms with Crippen molar-refractivity contribution >= 4 is 11.6 Å². The lowest BCUT2D eigenvalue weighted by atomic mass is 10.1. The molecular weight excluding hydrogens is 258 g/mol. The zero-order valence-corrected chi connectivity index (χ0v) is 12.9. The van der Waals surface area contributed by atoms with Crippen LogP contribution in [0.15, 0.2) is 24.5 Å². The van der Waals surface area contributed by atoms with E-state index >= 15 is 0 Å². The minimum atomic E-state index is 0.594. The molecule has 0 fully saturated rings. The van der Waals surface area contributed by atoms with Crippen molar-refractivity contribution in [3.63, 3.8) is 0 Å². The van der Waals surface area contributed by atoms with E-state index in [1.165, 1.54) is 44.9 Å². The lowest BCUT2D eigenvalue weighted by Gasteiger charge is -2.02. The summed E-state index contributed by atoms with van der Waals surface area (Å²) >= 11 is 5.90. The fourth-order valence-electron chi connectivity index (χ4n) is 2.08. The van der Waals surface area contributed by atoms with Gasteiger partial charge >= 0.3 is 0 Å². The van der Waals surface area contributed by atoms with Gasteiger partial charge in [-0.3, -0.25) is 0 Å². The van der Waals surface area contributed by atoms with Gasteiger partial charge in [-0.05, 0) is 12.5 Å². The SMILES string of the molecule is CCCCCCCCCCOC[n+]1cccc(Cl)c1. The molecule has 0 aliphatic rings. The van der Waals surface area contributed by atoms with Crippen LogP contribution >= 0.6 is 11.6 Å². The molecule has 19 heavy (non-hydrogen) atoms. The lowest BCUT2D eigenvalue weighted by molar-refractivity contribution is -0.732. The van der Waals surface area contributed by atoms with Crippen LogP contribution in [0.5, 0.6) is 0 Å². The molecule has 1 aromatic heterocycles. The number of unbranched alkanes of at least 4 members (excludes halogenated alkanes) is 7. The molecular formula is C16H27ClNO+. The summed E-state index contributed by atoms with van der Waals surface area (Å²) in [6, 6.07) is 3.80. The third kappa shape index (κ3) is 9.01. The molecule has 0 aliphatic heterocycles. The van der Waals surface area contributed by atoms with Crippen molar-refractivity contribution < 1.29 is 9.30 Å². The van der Waals surface area contributed by atoms with E-state index in [2.05, 4.69) is 6.92 Å². The molecule has 108 valence electrons. The van der Waals surface area contributed by atoms with Crippen molar-refractivity contribution in [2.45, 2.75) is 65.0 Å². The van der Waals surface area contributed by atoms with Crippen molar-refractivity contribution in [1.29, 1.82) is 0 Å². The second-order valence-corrected chi connectivity index (χ2v) is 5.49. The first kappa shape index (κ1) is 16.5. The zero-order valence-electron chi connectivity index (χ0n) is 12.1. The van der Waals surface area contributed by atoms with Crippen LogP contribution in [0, 0.1) is 0 Å². The molecule has 0 saturated carbocycles. The highest BCUT2D eigenvalue weighted by molar-refractivity contribution is 6.30. The van der Waals surface area contributed by atoms with E-state index in [0.29, 0.717) is 6.73 Å². The van der Waals surface area contributed by atoms with Gasteiger partial charge in [0.15, 0.2) is 12.4 Å². The molecule has 3 heteroatoms. The van der Waals surface area contributed by atoms with Crippen LogP contribution < -0.4 is 4.57 Å². The number of hydrogen-bond donors (Lipinski definition) is 0. The summed E-state index contributed by atoms with van der Waals surface area (Å²) in [4.78, 5) is 0. The number of halogens is 1. The van der Waals surface area contributed by atoms with Gasteiger partial charge in [0.1, 0.15) is 5.02 Å². The highest BCUT2D eigenvalue weighted by Crippen LogP contribution is 2.08. The molecule has 0 atom stereocenters.